The average Bonchev–Trinajstić information content (AvgIpc) is 4.01. The van der Waals surface area contributed by atoms with Gasteiger partial charge in [-0.3, -0.25) is 24.1 Å². The molecule has 0 unspecified atom stereocenters. The monoisotopic (exact) mass is 1040 g/mol. The summed E-state index contributed by atoms with van der Waals surface area (Å²) in [6, 6.07) is 19.1. The molecule has 3 N–H and O–H groups in total. The Kier molecular flexibility index (Phi) is 16.3. The molecule has 21 heteroatoms. The number of nitriles is 1. The van der Waals surface area contributed by atoms with Crippen LogP contribution in [0.25, 0.3) is 21.6 Å². The van der Waals surface area contributed by atoms with Gasteiger partial charge in [0.25, 0.3) is 5.91 Å². The number of carbonyl (C=O) groups excluding carboxylic acids is 4. The Morgan fingerprint density at radius 3 is 2.29 bits per heavy atom. The number of aliphatic hydroxyl groups excluding tert-OH is 1. The summed E-state index contributed by atoms with van der Waals surface area (Å²) in [4.78, 5) is 66.5. The third kappa shape index (κ3) is 12.2. The Morgan fingerprint density at radius 1 is 0.986 bits per heavy atom. The lowest BCUT2D eigenvalue weighted by Crippen LogP contribution is -2.58. The number of β-amino-alcohol motifs (C(OH)–C–C–N with tert-alkyl or cyclic N) is 1. The number of rotatable bonds is 17. The minimum absolute atomic E-state index is 0.0509. The fourth-order valence-corrected chi connectivity index (χ4v) is 9.89. The molecule has 0 bridgehead atoms. The molecule has 3 aromatic carbocycles. The molecule has 384 valence electrons. The van der Waals surface area contributed by atoms with Gasteiger partial charge in [0.1, 0.15) is 41.9 Å². The third-order valence-electron chi connectivity index (χ3n) is 12.5. The summed E-state index contributed by atoms with van der Waals surface area (Å²) in [5.74, 6) is -2.30. The number of alkyl halides is 3. The number of nitrogens with one attached hydrogen (secondary N) is 2. The van der Waals surface area contributed by atoms with Crippen LogP contribution in [0.3, 0.4) is 0 Å². The number of carbonyl (C=O) groups is 4. The van der Waals surface area contributed by atoms with E-state index in [0.717, 1.165) is 32.8 Å². The van der Waals surface area contributed by atoms with E-state index in [2.05, 4.69) is 20.6 Å². The highest BCUT2D eigenvalue weighted by Gasteiger charge is 2.52. The fourth-order valence-electron chi connectivity index (χ4n) is 8.56. The third-order valence-corrected chi connectivity index (χ3v) is 13.8. The molecule has 5 aromatic rings. The Bertz CT molecular complexity index is 2920. The van der Waals surface area contributed by atoms with Gasteiger partial charge in [0.15, 0.2) is 10.8 Å². The molecule has 0 aliphatic carbocycles. The van der Waals surface area contributed by atoms with Crippen LogP contribution in [0, 0.1) is 29.5 Å². The van der Waals surface area contributed by atoms with E-state index in [-0.39, 0.29) is 49.2 Å². The van der Waals surface area contributed by atoms with E-state index in [9.17, 15) is 37.5 Å². The van der Waals surface area contributed by atoms with E-state index in [1.807, 2.05) is 31.2 Å². The van der Waals surface area contributed by atoms with Crippen molar-refractivity contribution >= 4 is 63.7 Å². The largest absolute Gasteiger partial charge is 0.494 e. The first-order valence-electron chi connectivity index (χ1n) is 23.3. The summed E-state index contributed by atoms with van der Waals surface area (Å²) >= 11 is 7.09. The van der Waals surface area contributed by atoms with E-state index in [0.29, 0.717) is 42.4 Å². The van der Waals surface area contributed by atoms with Gasteiger partial charge < -0.3 is 35.0 Å². The number of halogens is 4. The van der Waals surface area contributed by atoms with Gasteiger partial charge in [-0.1, -0.05) is 63.2 Å². The number of unbranched alkanes of at least 4 members (excludes halogenated alkanes) is 1. The van der Waals surface area contributed by atoms with Crippen LogP contribution in [0.1, 0.15) is 76.4 Å². The summed E-state index contributed by atoms with van der Waals surface area (Å²) in [6.45, 7) is 10.7. The van der Waals surface area contributed by atoms with Crippen molar-refractivity contribution < 1.29 is 51.3 Å². The SMILES string of the molecule is Cc1ncsc1-c1ccc(CNC(=O)[C@@H]2C[C@@H](O)CN2C(=O)[C@@H](NC(=O)COCCCCOc2ccc(-c3ccc(N4C(=S)N(c5cnc(C#N)c(C(F)(F)F)c5)C(=O)C4(C)C)c(F)c3)cc2)C(C)(C)C)cc1. The molecule has 2 aliphatic rings. The predicted octanol–water partition coefficient (Wildman–Crippen LogP) is 8.11. The Balaban J connectivity index is 0.853. The van der Waals surface area contributed by atoms with E-state index in [1.54, 1.807) is 68.0 Å². The van der Waals surface area contributed by atoms with Gasteiger partial charge in [0.2, 0.25) is 17.7 Å². The summed E-state index contributed by atoms with van der Waals surface area (Å²) in [7, 11) is 0. The quantitative estimate of drug-likeness (QED) is 0.0462. The molecule has 73 heavy (non-hydrogen) atoms. The zero-order valence-electron chi connectivity index (χ0n) is 40.9. The molecular formula is C52H54F4N8O7S2. The Hall–Kier alpha value is -6.86. The number of hydrogen-bond acceptors (Lipinski definition) is 12. The van der Waals surface area contributed by atoms with Crippen molar-refractivity contribution in [2.24, 2.45) is 5.41 Å². The van der Waals surface area contributed by atoms with E-state index >= 15 is 4.39 Å². The number of aryl methyl sites for hydroxylation is 1. The van der Waals surface area contributed by atoms with Gasteiger partial charge in [0.05, 0.1) is 51.9 Å². The molecule has 0 spiro atoms. The normalized spacial score (nSPS) is 17.2. The van der Waals surface area contributed by atoms with Crippen molar-refractivity contribution in [1.29, 1.82) is 5.26 Å². The van der Waals surface area contributed by atoms with Crippen molar-refractivity contribution in [3.63, 3.8) is 0 Å². The standard InChI is InChI=1S/C52H54F4N8O7S2/c1-30-44(73-29-60-30)33-11-9-31(10-12-33)25-59-46(67)42-23-36(65)27-62(42)47(68)45(50(2,3)4)61-43(66)28-70-19-7-8-20-71-37-16-13-32(14-17-37)34-15-18-41(39(53)21-34)64-49(72)63(48(69)51(64,5)6)35-22-38(52(54,55)56)40(24-57)58-26-35/h9-18,21-22,26,29,36,42,45,65H,7-8,19-20,23,25,27-28H2,1-6H3,(H,59,67)(H,61,66)/t36-,42+,45-/m1/s1. The van der Waals surface area contributed by atoms with Crippen LogP contribution in [-0.2, 0) is 36.6 Å². The molecule has 2 saturated heterocycles. The van der Waals surface area contributed by atoms with E-state index in [4.69, 9.17) is 27.0 Å². The maximum absolute atomic E-state index is 15.9. The van der Waals surface area contributed by atoms with Gasteiger partial charge in [-0.25, -0.2) is 14.4 Å². The van der Waals surface area contributed by atoms with Crippen molar-refractivity contribution in [3.8, 4) is 33.4 Å². The summed E-state index contributed by atoms with van der Waals surface area (Å²) < 4.78 is 68.6. The molecule has 2 aliphatic heterocycles. The number of anilines is 2. The first-order chi connectivity index (χ1) is 34.5. The summed E-state index contributed by atoms with van der Waals surface area (Å²) in [5.41, 5.74) is 0.923. The smallest absolute Gasteiger partial charge is 0.419 e. The molecule has 15 nitrogen and oxygen atoms in total. The van der Waals surface area contributed by atoms with Crippen molar-refractivity contribution in [2.75, 3.05) is 36.2 Å². The van der Waals surface area contributed by atoms with Crippen LogP contribution >= 0.6 is 23.6 Å². The molecule has 2 fully saturated rings. The Morgan fingerprint density at radius 2 is 1.66 bits per heavy atom. The van der Waals surface area contributed by atoms with Crippen molar-refractivity contribution in [1.82, 2.24) is 25.5 Å². The zero-order valence-corrected chi connectivity index (χ0v) is 42.5. The average molecular weight is 1040 g/mol. The van der Waals surface area contributed by atoms with Crippen LogP contribution in [0.5, 0.6) is 5.75 Å². The lowest BCUT2D eigenvalue weighted by molar-refractivity contribution is -0.144. The lowest BCUT2D eigenvalue weighted by atomic mass is 9.85. The summed E-state index contributed by atoms with van der Waals surface area (Å²) in [6.07, 6.45) is -3.70. The van der Waals surface area contributed by atoms with Gasteiger partial charge in [0, 0.05) is 26.1 Å². The topological polar surface area (TPSA) is 190 Å². The van der Waals surface area contributed by atoms with Crippen LogP contribution < -0.4 is 25.2 Å². The number of nitrogens with zero attached hydrogens (tertiary/aromatic N) is 6. The summed E-state index contributed by atoms with van der Waals surface area (Å²) in [5, 5.41) is 25.2. The second kappa shape index (κ2) is 22.1. The molecule has 0 saturated carbocycles. The number of hydrogen-bond donors (Lipinski definition) is 3. The number of aromatic nitrogens is 2. The van der Waals surface area contributed by atoms with Crippen LogP contribution in [0.15, 0.2) is 84.5 Å². The first-order valence-corrected chi connectivity index (χ1v) is 24.6. The van der Waals surface area contributed by atoms with Gasteiger partial charge >= 0.3 is 6.18 Å². The van der Waals surface area contributed by atoms with Gasteiger partial charge in [-0.05, 0) is 104 Å². The lowest BCUT2D eigenvalue weighted by Gasteiger charge is -2.35. The van der Waals surface area contributed by atoms with Gasteiger partial charge in [-0.2, -0.15) is 18.4 Å². The molecule has 7 rings (SSSR count). The second-order valence-electron chi connectivity index (χ2n) is 19.3. The zero-order chi connectivity index (χ0) is 53.0. The van der Waals surface area contributed by atoms with Gasteiger partial charge in [-0.15, -0.1) is 11.3 Å². The van der Waals surface area contributed by atoms with Crippen molar-refractivity contribution in [3.05, 3.63) is 113 Å². The molecule has 4 amide bonds. The number of thiocarbonyl (C=S) groups is 1. The number of benzene rings is 3. The Labute approximate surface area is 429 Å². The highest BCUT2D eigenvalue weighted by atomic mass is 32.1. The highest BCUT2D eigenvalue weighted by Crippen LogP contribution is 2.41. The second-order valence-corrected chi connectivity index (χ2v) is 20.5. The van der Waals surface area contributed by atoms with Crippen LogP contribution in [-0.4, -0.2) is 98.8 Å². The number of amides is 4. The maximum Gasteiger partial charge on any atom is 0.419 e. The molecular weight excluding hydrogens is 989 g/mol. The molecule has 3 atom stereocenters. The van der Waals surface area contributed by atoms with E-state index < -0.39 is 76.0 Å². The minimum Gasteiger partial charge on any atom is -0.494 e. The van der Waals surface area contributed by atoms with E-state index in [1.165, 1.54) is 41.8 Å². The van der Waals surface area contributed by atoms with Crippen LogP contribution in [0.4, 0.5) is 28.9 Å². The minimum atomic E-state index is -4.93. The number of likely N-dealkylation sites (tertiary alicyclic amines) is 1. The number of thiazole rings is 1. The predicted molar refractivity (Wildman–Crippen MR) is 270 cm³/mol. The number of aliphatic hydroxyl groups is 1. The van der Waals surface area contributed by atoms with Crippen molar-refractivity contribution in [2.45, 2.75) is 97.3 Å². The maximum atomic E-state index is 15.9. The number of pyridine rings is 1. The molecule has 4 heterocycles. The highest BCUT2D eigenvalue weighted by molar-refractivity contribution is 7.81. The molecule has 2 aromatic heterocycles. The first kappa shape index (κ1) is 53.9. The molecule has 0 radical (unpaired) electrons. The fraction of sp³-hybridized carbons (Fsp3) is 0.385. The van der Waals surface area contributed by atoms with Crippen LogP contribution in [0.2, 0.25) is 0 Å². The number of ether oxygens (including phenoxy) is 2.